The Morgan fingerprint density at radius 2 is 2.00 bits per heavy atom. The molecule has 1 fully saturated rings. The van der Waals surface area contributed by atoms with Crippen molar-refractivity contribution < 1.29 is 9.53 Å². The third-order valence-corrected chi connectivity index (χ3v) is 4.89. The van der Waals surface area contributed by atoms with Crippen LogP contribution in [0.25, 0.3) is 11.3 Å². The van der Waals surface area contributed by atoms with E-state index < -0.39 is 5.54 Å². The first-order chi connectivity index (χ1) is 11.1. The van der Waals surface area contributed by atoms with Gasteiger partial charge in [0, 0.05) is 10.9 Å². The lowest BCUT2D eigenvalue weighted by Gasteiger charge is -2.21. The fraction of sp³-hybridized carbons (Fsp3) is 0.412. The zero-order valence-corrected chi connectivity index (χ0v) is 15.2. The molecule has 3 rings (SSSR count). The van der Waals surface area contributed by atoms with Crippen molar-refractivity contribution in [2.45, 2.75) is 38.1 Å². The lowest BCUT2D eigenvalue weighted by Crippen LogP contribution is -2.48. The second-order valence-electron chi connectivity index (χ2n) is 5.81. The van der Waals surface area contributed by atoms with E-state index in [1.807, 2.05) is 36.6 Å². The number of nitrogens with one attached hydrogen (secondary N) is 1. The van der Waals surface area contributed by atoms with Crippen molar-refractivity contribution in [3.63, 3.8) is 0 Å². The molecule has 1 aromatic carbocycles. The summed E-state index contributed by atoms with van der Waals surface area (Å²) in [4.78, 5) is 16.8. The fourth-order valence-electron chi connectivity index (χ4n) is 2.81. The molecule has 130 valence electrons. The van der Waals surface area contributed by atoms with E-state index in [-0.39, 0.29) is 18.3 Å². The second kappa shape index (κ2) is 7.96. The van der Waals surface area contributed by atoms with Crippen molar-refractivity contribution in [2.75, 3.05) is 11.9 Å². The lowest BCUT2D eigenvalue weighted by molar-refractivity contribution is -0.121. The summed E-state index contributed by atoms with van der Waals surface area (Å²) < 4.78 is 5.43. The molecule has 0 bridgehead atoms. The molecule has 1 saturated carbocycles. The van der Waals surface area contributed by atoms with Crippen molar-refractivity contribution >= 4 is 34.8 Å². The molecule has 0 aliphatic heterocycles. The number of ether oxygens (including phenoxy) is 1. The first-order valence-electron chi connectivity index (χ1n) is 7.90. The van der Waals surface area contributed by atoms with E-state index in [9.17, 15) is 4.79 Å². The van der Waals surface area contributed by atoms with Gasteiger partial charge in [-0.1, -0.05) is 12.8 Å². The highest BCUT2D eigenvalue weighted by atomic mass is 35.5. The van der Waals surface area contributed by atoms with E-state index >= 15 is 0 Å². The number of anilines is 1. The average molecular weight is 368 g/mol. The summed E-state index contributed by atoms with van der Waals surface area (Å²) >= 11 is 1.41. The molecule has 7 heteroatoms. The van der Waals surface area contributed by atoms with Crippen molar-refractivity contribution in [3.05, 3.63) is 29.6 Å². The van der Waals surface area contributed by atoms with Gasteiger partial charge in [-0.15, -0.1) is 23.7 Å². The van der Waals surface area contributed by atoms with Gasteiger partial charge in [0.05, 0.1) is 17.8 Å². The predicted molar refractivity (Wildman–Crippen MR) is 100.0 cm³/mol. The topological polar surface area (TPSA) is 77.2 Å². The largest absolute Gasteiger partial charge is 0.494 e. The van der Waals surface area contributed by atoms with Gasteiger partial charge in [-0.25, -0.2) is 4.98 Å². The molecule has 1 aliphatic carbocycles. The zero-order chi connectivity index (χ0) is 16.3. The Labute approximate surface area is 152 Å². The van der Waals surface area contributed by atoms with Crippen LogP contribution < -0.4 is 15.8 Å². The van der Waals surface area contributed by atoms with E-state index in [2.05, 4.69) is 10.3 Å². The van der Waals surface area contributed by atoms with Crippen LogP contribution in [-0.4, -0.2) is 23.0 Å². The number of aromatic nitrogens is 1. The molecule has 0 atom stereocenters. The molecule has 5 nitrogen and oxygen atoms in total. The molecular formula is C17H22ClN3O2S. The molecule has 2 aromatic rings. The number of hydrogen-bond acceptors (Lipinski definition) is 5. The highest BCUT2D eigenvalue weighted by molar-refractivity contribution is 7.14. The predicted octanol–water partition coefficient (Wildman–Crippen LogP) is 3.84. The number of rotatable bonds is 5. The Balaban J connectivity index is 0.00000208. The van der Waals surface area contributed by atoms with Crippen LogP contribution >= 0.6 is 23.7 Å². The summed E-state index contributed by atoms with van der Waals surface area (Å²) in [6, 6.07) is 7.77. The first-order valence-corrected chi connectivity index (χ1v) is 8.78. The molecule has 1 aromatic heterocycles. The number of nitrogens with two attached hydrogens (primary N) is 1. The number of thiazole rings is 1. The number of carbonyl (C=O) groups is 1. The summed E-state index contributed by atoms with van der Waals surface area (Å²) in [7, 11) is 0. The lowest BCUT2D eigenvalue weighted by atomic mass is 9.98. The third-order valence-electron chi connectivity index (χ3n) is 4.13. The Morgan fingerprint density at radius 1 is 1.33 bits per heavy atom. The standard InChI is InChI=1S/C17H21N3O2S.ClH/c1-2-22-13-7-5-12(6-8-13)14-11-23-16(19-14)20-15(21)17(18)9-3-4-10-17;/h5-8,11H,2-4,9-10,18H2,1H3,(H,19,20,21);1H. The van der Waals surface area contributed by atoms with Crippen LogP contribution in [0.15, 0.2) is 29.6 Å². The number of nitrogens with zero attached hydrogens (tertiary/aromatic N) is 1. The summed E-state index contributed by atoms with van der Waals surface area (Å²) in [5.74, 6) is 0.717. The Kier molecular flexibility index (Phi) is 6.21. The molecular weight excluding hydrogens is 346 g/mol. The van der Waals surface area contributed by atoms with Gasteiger partial charge in [0.15, 0.2) is 5.13 Å². The maximum absolute atomic E-state index is 12.3. The number of carbonyl (C=O) groups excluding carboxylic acids is 1. The van der Waals surface area contributed by atoms with E-state index in [0.717, 1.165) is 42.7 Å². The van der Waals surface area contributed by atoms with Crippen molar-refractivity contribution in [3.8, 4) is 17.0 Å². The van der Waals surface area contributed by atoms with Crippen molar-refractivity contribution in [1.29, 1.82) is 0 Å². The normalized spacial score (nSPS) is 15.6. The highest BCUT2D eigenvalue weighted by Crippen LogP contribution is 2.30. The molecule has 0 spiro atoms. The molecule has 0 unspecified atom stereocenters. The summed E-state index contributed by atoms with van der Waals surface area (Å²) in [5, 5.41) is 5.39. The van der Waals surface area contributed by atoms with Gasteiger partial charge in [-0.05, 0) is 44.0 Å². The second-order valence-corrected chi connectivity index (χ2v) is 6.67. The van der Waals surface area contributed by atoms with E-state index in [1.165, 1.54) is 11.3 Å². The van der Waals surface area contributed by atoms with E-state index in [0.29, 0.717) is 11.7 Å². The molecule has 24 heavy (non-hydrogen) atoms. The van der Waals surface area contributed by atoms with Gasteiger partial charge < -0.3 is 15.8 Å². The van der Waals surface area contributed by atoms with E-state index in [1.54, 1.807) is 0 Å². The Morgan fingerprint density at radius 3 is 2.62 bits per heavy atom. The maximum Gasteiger partial charge on any atom is 0.246 e. The Bertz CT molecular complexity index is 681. The van der Waals surface area contributed by atoms with Crippen LogP contribution in [0.2, 0.25) is 0 Å². The van der Waals surface area contributed by atoms with Crippen LogP contribution in [-0.2, 0) is 4.79 Å². The van der Waals surface area contributed by atoms with Crippen LogP contribution in [0, 0.1) is 0 Å². The van der Waals surface area contributed by atoms with E-state index in [4.69, 9.17) is 10.5 Å². The molecule has 0 saturated heterocycles. The molecule has 1 heterocycles. The van der Waals surface area contributed by atoms with Crippen LogP contribution in [0.4, 0.5) is 5.13 Å². The van der Waals surface area contributed by atoms with Crippen molar-refractivity contribution in [2.24, 2.45) is 5.73 Å². The van der Waals surface area contributed by atoms with Gasteiger partial charge >= 0.3 is 0 Å². The molecule has 1 aliphatic rings. The van der Waals surface area contributed by atoms with Gasteiger partial charge in [-0.2, -0.15) is 0 Å². The number of hydrogen-bond donors (Lipinski definition) is 2. The minimum absolute atomic E-state index is 0. The maximum atomic E-state index is 12.3. The average Bonchev–Trinajstić information content (AvgIpc) is 3.19. The molecule has 3 N–H and O–H groups in total. The quantitative estimate of drug-likeness (QED) is 0.841. The monoisotopic (exact) mass is 367 g/mol. The minimum atomic E-state index is -0.731. The van der Waals surface area contributed by atoms with Crippen LogP contribution in [0.5, 0.6) is 5.75 Å². The first kappa shape index (κ1) is 18.7. The zero-order valence-electron chi connectivity index (χ0n) is 13.6. The number of benzene rings is 1. The minimum Gasteiger partial charge on any atom is -0.494 e. The van der Waals surface area contributed by atoms with Crippen LogP contribution in [0.1, 0.15) is 32.6 Å². The summed E-state index contributed by atoms with van der Waals surface area (Å²) in [6.07, 6.45) is 3.52. The highest BCUT2D eigenvalue weighted by Gasteiger charge is 2.37. The summed E-state index contributed by atoms with van der Waals surface area (Å²) in [6.45, 7) is 2.60. The van der Waals surface area contributed by atoms with Crippen LogP contribution in [0.3, 0.4) is 0 Å². The third kappa shape index (κ3) is 4.06. The smallest absolute Gasteiger partial charge is 0.246 e. The van der Waals surface area contributed by atoms with Gasteiger partial charge in [0.1, 0.15) is 5.75 Å². The SMILES string of the molecule is CCOc1ccc(-c2csc(NC(=O)C3(N)CCCC3)n2)cc1.Cl. The fourth-order valence-corrected chi connectivity index (χ4v) is 3.52. The van der Waals surface area contributed by atoms with Gasteiger partial charge in [-0.3, -0.25) is 4.79 Å². The Hall–Kier alpha value is -1.63. The summed E-state index contributed by atoms with van der Waals surface area (Å²) in [5.41, 5.74) is 7.27. The van der Waals surface area contributed by atoms with Crippen molar-refractivity contribution in [1.82, 2.24) is 4.98 Å². The number of amides is 1. The van der Waals surface area contributed by atoms with Gasteiger partial charge in [0.25, 0.3) is 0 Å². The molecule has 1 amide bonds. The van der Waals surface area contributed by atoms with Gasteiger partial charge in [0.2, 0.25) is 5.91 Å². The number of halogens is 1. The molecule has 0 radical (unpaired) electrons.